The third-order valence-electron chi connectivity index (χ3n) is 4.67. The van der Waals surface area contributed by atoms with Crippen molar-refractivity contribution < 1.29 is 31.6 Å². The molecule has 9 nitrogen and oxygen atoms in total. The van der Waals surface area contributed by atoms with E-state index in [2.05, 4.69) is 20.3 Å². The number of halogens is 3. The smallest absolute Gasteiger partial charge is 0.287 e. The lowest BCUT2D eigenvalue weighted by molar-refractivity contribution is 0.0801. The molecule has 3 aromatic rings. The van der Waals surface area contributed by atoms with E-state index in [0.29, 0.717) is 22.5 Å². The summed E-state index contributed by atoms with van der Waals surface area (Å²) in [6.45, 7) is 0.854. The second-order valence-electron chi connectivity index (χ2n) is 7.51. The van der Waals surface area contributed by atoms with E-state index >= 15 is 0 Å². The quantitative estimate of drug-likeness (QED) is 0.565. The van der Waals surface area contributed by atoms with Gasteiger partial charge in [0.1, 0.15) is 17.9 Å². The lowest BCUT2D eigenvalue weighted by Crippen LogP contribution is -2.61. The number of aromatic nitrogens is 4. The minimum Gasteiger partial charge on any atom is -0.482 e. The zero-order valence-corrected chi connectivity index (χ0v) is 17.8. The number of nitrogens with zero attached hydrogens (tertiary/aromatic N) is 4. The monoisotopic (exact) mass is 469 g/mol. The van der Waals surface area contributed by atoms with Crippen molar-refractivity contribution in [3.63, 3.8) is 0 Å². The maximum absolute atomic E-state index is 13.5. The molecular weight excluding hydrogens is 451 g/mol. The van der Waals surface area contributed by atoms with Crippen LogP contribution in [-0.4, -0.2) is 59.7 Å². The molecule has 1 fully saturated rings. The van der Waals surface area contributed by atoms with E-state index in [-0.39, 0.29) is 23.3 Å². The summed E-state index contributed by atoms with van der Waals surface area (Å²) in [6, 6.07) is 2.35. The predicted molar refractivity (Wildman–Crippen MR) is 108 cm³/mol. The van der Waals surface area contributed by atoms with E-state index in [4.69, 9.17) is 9.47 Å². The van der Waals surface area contributed by atoms with Crippen molar-refractivity contribution in [1.82, 2.24) is 24.8 Å². The molecule has 13 heteroatoms. The summed E-state index contributed by atoms with van der Waals surface area (Å²) >= 11 is 0. The Hall–Kier alpha value is -3.22. The zero-order valence-electron chi connectivity index (χ0n) is 17.0. The molecule has 0 spiro atoms. The molecule has 170 valence electrons. The standard InChI is InChI=1S/C19H18F3N5O4S/c1-19(8-32(29)9-19)26-17(28)16-25-11-6-23-15(4-12(11)27(16)2)31-18-13(30-7-14(21)22)3-10(20)5-24-18/h3-6,14H,7-9H2,1-2H3,(H,26,28). The normalized spacial score (nSPS) is 20.2. The fourth-order valence-electron chi connectivity index (χ4n) is 3.25. The van der Waals surface area contributed by atoms with Crippen LogP contribution in [0.4, 0.5) is 13.2 Å². The Bertz CT molecular complexity index is 1210. The SMILES string of the molecule is Cn1c(C(=O)NC2(C)CS(=O)C2)nc2cnc(Oc3ncc(F)cc3OCC(F)F)cc21. The number of nitrogens with one attached hydrogen (secondary N) is 1. The number of rotatable bonds is 7. The maximum Gasteiger partial charge on any atom is 0.287 e. The minimum atomic E-state index is -2.76. The van der Waals surface area contributed by atoms with E-state index < -0.39 is 41.1 Å². The Balaban J connectivity index is 1.58. The molecule has 0 atom stereocenters. The Morgan fingerprint density at radius 3 is 2.75 bits per heavy atom. The van der Waals surface area contributed by atoms with Crippen LogP contribution >= 0.6 is 0 Å². The molecule has 32 heavy (non-hydrogen) atoms. The van der Waals surface area contributed by atoms with Gasteiger partial charge < -0.3 is 19.4 Å². The van der Waals surface area contributed by atoms with Crippen LogP contribution in [0.15, 0.2) is 24.5 Å². The molecule has 1 N–H and O–H groups in total. The molecule has 1 aliphatic heterocycles. The molecular formula is C19H18F3N5O4S. The van der Waals surface area contributed by atoms with Crippen molar-refractivity contribution >= 4 is 27.7 Å². The summed E-state index contributed by atoms with van der Waals surface area (Å²) in [5.74, 6) is -0.863. The predicted octanol–water partition coefficient (Wildman–Crippen LogP) is 2.19. The number of hydrogen-bond donors (Lipinski definition) is 1. The van der Waals surface area contributed by atoms with Crippen molar-refractivity contribution in [3.05, 3.63) is 36.2 Å². The number of carbonyl (C=O) groups is 1. The van der Waals surface area contributed by atoms with Crippen LogP contribution < -0.4 is 14.8 Å². The molecule has 0 radical (unpaired) electrons. The summed E-state index contributed by atoms with van der Waals surface area (Å²) in [4.78, 5) is 24.8. The molecule has 1 amide bonds. The van der Waals surface area contributed by atoms with Gasteiger partial charge in [0.05, 0.1) is 23.4 Å². The highest BCUT2D eigenvalue weighted by Gasteiger charge is 2.40. The first kappa shape index (κ1) is 22.0. The summed E-state index contributed by atoms with van der Waals surface area (Å²) in [6.07, 6.45) is -0.546. The average Bonchev–Trinajstić information content (AvgIpc) is 3.03. The Kier molecular flexibility index (Phi) is 5.75. The van der Waals surface area contributed by atoms with Gasteiger partial charge in [-0.25, -0.2) is 28.1 Å². The van der Waals surface area contributed by atoms with Crippen LogP contribution in [0.3, 0.4) is 0 Å². The zero-order chi connectivity index (χ0) is 23.0. The van der Waals surface area contributed by atoms with Gasteiger partial charge in [-0.15, -0.1) is 0 Å². The van der Waals surface area contributed by atoms with E-state index in [1.165, 1.54) is 16.8 Å². The number of alkyl halides is 2. The van der Waals surface area contributed by atoms with Crippen molar-refractivity contribution in [2.75, 3.05) is 18.1 Å². The topological polar surface area (TPSA) is 108 Å². The highest BCUT2D eigenvalue weighted by Crippen LogP contribution is 2.30. The largest absolute Gasteiger partial charge is 0.482 e. The van der Waals surface area contributed by atoms with Gasteiger partial charge in [-0.05, 0) is 6.92 Å². The molecule has 3 aromatic heterocycles. The summed E-state index contributed by atoms with van der Waals surface area (Å²) < 4.78 is 61.7. The Morgan fingerprint density at radius 2 is 2.06 bits per heavy atom. The van der Waals surface area contributed by atoms with E-state index in [0.717, 1.165) is 12.3 Å². The molecule has 4 rings (SSSR count). The van der Waals surface area contributed by atoms with Crippen LogP contribution in [0.25, 0.3) is 11.0 Å². The Morgan fingerprint density at radius 1 is 1.31 bits per heavy atom. The number of aryl methyl sites for hydroxylation is 1. The van der Waals surface area contributed by atoms with E-state index in [1.807, 2.05) is 6.92 Å². The number of imidazole rings is 1. The lowest BCUT2D eigenvalue weighted by Gasteiger charge is -2.37. The molecule has 1 aliphatic rings. The fraction of sp³-hybridized carbons (Fsp3) is 0.368. The van der Waals surface area contributed by atoms with Crippen LogP contribution in [0.5, 0.6) is 17.5 Å². The minimum absolute atomic E-state index is 0.00909. The molecule has 4 heterocycles. The van der Waals surface area contributed by atoms with Crippen LogP contribution in [0.1, 0.15) is 17.5 Å². The number of fused-ring (bicyclic) bond motifs is 1. The molecule has 0 aromatic carbocycles. The first-order valence-electron chi connectivity index (χ1n) is 9.38. The summed E-state index contributed by atoms with van der Waals surface area (Å²) in [7, 11) is 0.693. The molecule has 0 saturated carbocycles. The second-order valence-corrected chi connectivity index (χ2v) is 8.97. The lowest BCUT2D eigenvalue weighted by atomic mass is 10.1. The Labute approximate surface area is 182 Å². The van der Waals surface area contributed by atoms with Gasteiger partial charge in [0.2, 0.25) is 5.88 Å². The van der Waals surface area contributed by atoms with Gasteiger partial charge in [0.25, 0.3) is 18.2 Å². The van der Waals surface area contributed by atoms with E-state index in [9.17, 15) is 22.2 Å². The number of ether oxygens (including phenoxy) is 2. The van der Waals surface area contributed by atoms with Crippen LogP contribution in [0.2, 0.25) is 0 Å². The second kappa shape index (κ2) is 8.37. The van der Waals surface area contributed by atoms with Crippen molar-refractivity contribution in [1.29, 1.82) is 0 Å². The summed E-state index contributed by atoms with van der Waals surface area (Å²) in [5, 5.41) is 2.84. The van der Waals surface area contributed by atoms with Crippen molar-refractivity contribution in [2.45, 2.75) is 18.9 Å². The van der Waals surface area contributed by atoms with E-state index in [1.54, 1.807) is 7.05 Å². The molecule has 0 unspecified atom stereocenters. The van der Waals surface area contributed by atoms with Crippen LogP contribution in [0, 0.1) is 5.82 Å². The highest BCUT2D eigenvalue weighted by molar-refractivity contribution is 7.86. The highest BCUT2D eigenvalue weighted by atomic mass is 32.2. The summed E-state index contributed by atoms with van der Waals surface area (Å²) in [5.41, 5.74) is 0.364. The van der Waals surface area contributed by atoms with Gasteiger partial charge in [0.15, 0.2) is 11.6 Å². The average molecular weight is 469 g/mol. The van der Waals surface area contributed by atoms with Gasteiger partial charge in [-0.3, -0.25) is 9.00 Å². The third-order valence-corrected chi connectivity index (χ3v) is 6.59. The fourth-order valence-corrected chi connectivity index (χ4v) is 4.73. The molecule has 0 bridgehead atoms. The maximum atomic E-state index is 13.5. The first-order chi connectivity index (χ1) is 15.1. The first-order valence-corrected chi connectivity index (χ1v) is 10.9. The van der Waals surface area contributed by atoms with Crippen molar-refractivity contribution in [3.8, 4) is 17.5 Å². The number of amides is 1. The third kappa shape index (κ3) is 4.52. The van der Waals surface area contributed by atoms with Crippen molar-refractivity contribution in [2.24, 2.45) is 7.05 Å². The number of carbonyl (C=O) groups excluding carboxylic acids is 1. The van der Waals surface area contributed by atoms with Crippen LogP contribution in [-0.2, 0) is 17.8 Å². The van der Waals surface area contributed by atoms with Gasteiger partial charge in [-0.2, -0.15) is 0 Å². The van der Waals surface area contributed by atoms with Gasteiger partial charge >= 0.3 is 0 Å². The van der Waals surface area contributed by atoms with Gasteiger partial charge in [0, 0.05) is 41.5 Å². The number of hydrogen-bond acceptors (Lipinski definition) is 7. The molecule has 1 saturated heterocycles. The number of pyridine rings is 2. The van der Waals surface area contributed by atoms with Gasteiger partial charge in [-0.1, -0.05) is 0 Å². The molecule has 0 aliphatic carbocycles.